The van der Waals surface area contributed by atoms with Crippen molar-refractivity contribution >= 4 is 6.03 Å². The molecule has 1 aromatic rings. The standard InChI is InChI=1S/C18H28N4O2/c1-18(24,12-8-20-22(2)9-12)10-19-17(23)21-16-7-11-6-15(16)14-5-3-4-13(11)14/h8-9,11,13-16,24H,3-7,10H2,1-2H3,(H2,19,21,23). The fourth-order valence-electron chi connectivity index (χ4n) is 5.51. The molecule has 3 saturated carbocycles. The first-order valence-electron chi connectivity index (χ1n) is 9.20. The highest BCUT2D eigenvalue weighted by atomic mass is 16.3. The van der Waals surface area contributed by atoms with Crippen LogP contribution in [0, 0.1) is 23.7 Å². The van der Waals surface area contributed by atoms with Gasteiger partial charge in [-0.2, -0.15) is 5.10 Å². The fraction of sp³-hybridized carbons (Fsp3) is 0.778. The van der Waals surface area contributed by atoms with Gasteiger partial charge in [0.15, 0.2) is 0 Å². The van der Waals surface area contributed by atoms with E-state index < -0.39 is 5.60 Å². The van der Waals surface area contributed by atoms with Crippen LogP contribution in [0.3, 0.4) is 0 Å². The molecule has 6 atom stereocenters. The van der Waals surface area contributed by atoms with E-state index in [2.05, 4.69) is 15.7 Å². The topological polar surface area (TPSA) is 79.2 Å². The van der Waals surface area contributed by atoms with E-state index in [9.17, 15) is 9.90 Å². The minimum Gasteiger partial charge on any atom is -0.383 e. The van der Waals surface area contributed by atoms with Gasteiger partial charge in [0.2, 0.25) is 0 Å². The molecule has 4 rings (SSSR count). The molecule has 3 aliphatic carbocycles. The van der Waals surface area contributed by atoms with Gasteiger partial charge >= 0.3 is 6.03 Å². The quantitative estimate of drug-likeness (QED) is 0.786. The second-order valence-corrected chi connectivity index (χ2v) is 8.26. The van der Waals surface area contributed by atoms with E-state index in [-0.39, 0.29) is 12.6 Å². The molecular weight excluding hydrogens is 304 g/mol. The first-order valence-corrected chi connectivity index (χ1v) is 9.20. The van der Waals surface area contributed by atoms with E-state index in [1.807, 2.05) is 7.05 Å². The number of nitrogens with zero attached hydrogens (tertiary/aromatic N) is 2. The van der Waals surface area contributed by atoms with Crippen LogP contribution in [0.25, 0.3) is 0 Å². The maximum Gasteiger partial charge on any atom is 0.315 e. The third kappa shape index (κ3) is 2.70. The van der Waals surface area contributed by atoms with Crippen LogP contribution in [0.1, 0.15) is 44.6 Å². The summed E-state index contributed by atoms with van der Waals surface area (Å²) in [6.07, 6.45) is 9.97. The smallest absolute Gasteiger partial charge is 0.315 e. The van der Waals surface area contributed by atoms with Gasteiger partial charge in [0.25, 0.3) is 0 Å². The molecule has 1 aromatic heterocycles. The van der Waals surface area contributed by atoms with Crippen molar-refractivity contribution in [3.63, 3.8) is 0 Å². The average Bonchev–Trinajstić information content (AvgIpc) is 3.26. The predicted molar refractivity (Wildman–Crippen MR) is 90.1 cm³/mol. The number of nitrogens with one attached hydrogen (secondary N) is 2. The van der Waals surface area contributed by atoms with Crippen molar-refractivity contribution in [2.45, 2.75) is 50.7 Å². The summed E-state index contributed by atoms with van der Waals surface area (Å²) in [5.41, 5.74) is -0.407. The van der Waals surface area contributed by atoms with Crippen molar-refractivity contribution in [3.8, 4) is 0 Å². The number of carbonyl (C=O) groups excluding carboxylic acids is 1. The predicted octanol–water partition coefficient (Wildman–Crippen LogP) is 1.75. The Balaban J connectivity index is 1.30. The van der Waals surface area contributed by atoms with Crippen LogP contribution in [0.15, 0.2) is 12.4 Å². The van der Waals surface area contributed by atoms with E-state index in [1.54, 1.807) is 24.0 Å². The molecule has 6 unspecified atom stereocenters. The van der Waals surface area contributed by atoms with Crippen LogP contribution >= 0.6 is 0 Å². The van der Waals surface area contributed by atoms with Crippen molar-refractivity contribution in [1.82, 2.24) is 20.4 Å². The third-order valence-electron chi connectivity index (χ3n) is 6.67. The van der Waals surface area contributed by atoms with Crippen molar-refractivity contribution in [2.24, 2.45) is 30.7 Å². The molecule has 3 N–H and O–H groups in total. The molecular formula is C18H28N4O2. The normalized spacial score (nSPS) is 36.4. The summed E-state index contributed by atoms with van der Waals surface area (Å²) < 4.78 is 1.65. The molecule has 2 bridgehead atoms. The summed E-state index contributed by atoms with van der Waals surface area (Å²) in [6, 6.07) is 0.156. The molecule has 3 aliphatic rings. The lowest BCUT2D eigenvalue weighted by Gasteiger charge is -2.32. The number of hydrogen-bond donors (Lipinski definition) is 3. The van der Waals surface area contributed by atoms with Gasteiger partial charge in [-0.25, -0.2) is 4.79 Å². The van der Waals surface area contributed by atoms with Crippen LogP contribution in [-0.2, 0) is 12.6 Å². The van der Waals surface area contributed by atoms with Crippen LogP contribution in [0.5, 0.6) is 0 Å². The first kappa shape index (κ1) is 15.9. The number of fused-ring (bicyclic) bond motifs is 5. The van der Waals surface area contributed by atoms with Gasteiger partial charge in [-0.15, -0.1) is 0 Å². The largest absolute Gasteiger partial charge is 0.383 e. The van der Waals surface area contributed by atoms with Crippen LogP contribution in [-0.4, -0.2) is 33.5 Å². The average molecular weight is 332 g/mol. The summed E-state index contributed by atoms with van der Waals surface area (Å²) in [6.45, 7) is 1.88. The highest BCUT2D eigenvalue weighted by Gasteiger charge is 2.54. The van der Waals surface area contributed by atoms with Crippen molar-refractivity contribution in [3.05, 3.63) is 18.0 Å². The lowest BCUT2D eigenvalue weighted by Crippen LogP contribution is -2.49. The van der Waals surface area contributed by atoms with E-state index >= 15 is 0 Å². The third-order valence-corrected chi connectivity index (χ3v) is 6.67. The summed E-state index contributed by atoms with van der Waals surface area (Å²) in [4.78, 5) is 12.3. The Morgan fingerprint density at radius 2 is 2.17 bits per heavy atom. The molecule has 3 fully saturated rings. The number of aryl methyl sites for hydroxylation is 1. The Labute approximate surface area is 143 Å². The number of urea groups is 1. The van der Waals surface area contributed by atoms with Gasteiger partial charge in [0, 0.05) is 24.8 Å². The van der Waals surface area contributed by atoms with Gasteiger partial charge < -0.3 is 15.7 Å². The molecule has 0 spiro atoms. The lowest BCUT2D eigenvalue weighted by molar-refractivity contribution is 0.0589. The summed E-state index contributed by atoms with van der Waals surface area (Å²) in [5.74, 6) is 3.27. The Bertz CT molecular complexity index is 626. The number of aliphatic hydroxyl groups is 1. The molecule has 0 aliphatic heterocycles. The van der Waals surface area contributed by atoms with Crippen molar-refractivity contribution < 1.29 is 9.90 Å². The SMILES string of the molecule is Cn1cc(C(C)(O)CNC(=O)NC2CC3CC2C2CCCC32)cn1. The maximum atomic E-state index is 12.3. The number of rotatable bonds is 4. The molecule has 6 heteroatoms. The highest BCUT2D eigenvalue weighted by Crippen LogP contribution is 2.58. The number of aromatic nitrogens is 2. The maximum absolute atomic E-state index is 12.3. The molecule has 6 nitrogen and oxygen atoms in total. The van der Waals surface area contributed by atoms with Gasteiger partial charge in [-0.1, -0.05) is 6.42 Å². The zero-order valence-corrected chi connectivity index (χ0v) is 14.5. The lowest BCUT2D eigenvalue weighted by atomic mass is 9.79. The Hall–Kier alpha value is -1.56. The van der Waals surface area contributed by atoms with Crippen LogP contribution in [0.2, 0.25) is 0 Å². The van der Waals surface area contributed by atoms with Crippen molar-refractivity contribution in [1.29, 1.82) is 0 Å². The molecule has 0 radical (unpaired) electrons. The second-order valence-electron chi connectivity index (χ2n) is 8.26. The molecule has 24 heavy (non-hydrogen) atoms. The van der Waals surface area contributed by atoms with Crippen LogP contribution in [0.4, 0.5) is 4.79 Å². The Morgan fingerprint density at radius 3 is 2.92 bits per heavy atom. The van der Waals surface area contributed by atoms with Gasteiger partial charge in [-0.3, -0.25) is 4.68 Å². The Kier molecular flexibility index (Phi) is 3.82. The van der Waals surface area contributed by atoms with Gasteiger partial charge in [0.05, 0.1) is 12.7 Å². The van der Waals surface area contributed by atoms with E-state index in [1.165, 1.54) is 25.7 Å². The highest BCUT2D eigenvalue weighted by molar-refractivity contribution is 5.74. The molecule has 0 aromatic carbocycles. The first-order chi connectivity index (χ1) is 11.4. The van der Waals surface area contributed by atoms with Gasteiger partial charge in [0.1, 0.15) is 5.60 Å². The second kappa shape index (κ2) is 5.76. The van der Waals surface area contributed by atoms with Crippen LogP contribution < -0.4 is 10.6 Å². The summed E-state index contributed by atoms with van der Waals surface area (Å²) in [7, 11) is 1.81. The minimum absolute atomic E-state index is 0.161. The monoisotopic (exact) mass is 332 g/mol. The van der Waals surface area contributed by atoms with E-state index in [4.69, 9.17) is 0 Å². The summed E-state index contributed by atoms with van der Waals surface area (Å²) >= 11 is 0. The van der Waals surface area contributed by atoms with E-state index in [0.29, 0.717) is 17.5 Å². The molecule has 0 saturated heterocycles. The summed E-state index contributed by atoms with van der Waals surface area (Å²) in [5, 5.41) is 20.6. The molecule has 132 valence electrons. The molecule has 1 heterocycles. The number of amides is 2. The minimum atomic E-state index is -1.11. The van der Waals surface area contributed by atoms with Gasteiger partial charge in [-0.05, 0) is 56.3 Å². The number of carbonyl (C=O) groups is 1. The van der Waals surface area contributed by atoms with Crippen molar-refractivity contribution in [2.75, 3.05) is 6.54 Å². The number of hydrogen-bond acceptors (Lipinski definition) is 3. The van der Waals surface area contributed by atoms with E-state index in [0.717, 1.165) is 24.2 Å². The fourth-order valence-corrected chi connectivity index (χ4v) is 5.51. The zero-order chi connectivity index (χ0) is 16.9. The Morgan fingerprint density at radius 1 is 1.38 bits per heavy atom. The zero-order valence-electron chi connectivity index (χ0n) is 14.5. The molecule has 2 amide bonds.